The van der Waals surface area contributed by atoms with E-state index in [0.29, 0.717) is 24.5 Å². The lowest BCUT2D eigenvalue weighted by Gasteiger charge is -2.12. The number of carbonyl (C=O) groups is 1. The molecule has 0 aliphatic heterocycles. The quantitative estimate of drug-likeness (QED) is 0.745. The molecule has 0 bridgehead atoms. The first-order chi connectivity index (χ1) is 7.93. The predicted octanol–water partition coefficient (Wildman–Crippen LogP) is 4.16. The molecule has 0 radical (unpaired) electrons. The van der Waals surface area contributed by atoms with Crippen LogP contribution in [0.3, 0.4) is 0 Å². The molecule has 1 aromatic carbocycles. The first kappa shape index (κ1) is 14.0. The highest BCUT2D eigenvalue weighted by Crippen LogP contribution is 2.19. The fourth-order valence-corrected chi connectivity index (χ4v) is 2.29. The van der Waals surface area contributed by atoms with Crippen molar-refractivity contribution < 1.29 is 4.79 Å². The van der Waals surface area contributed by atoms with Crippen molar-refractivity contribution in [2.45, 2.75) is 53.9 Å². The Balaban J connectivity index is 2.78. The summed E-state index contributed by atoms with van der Waals surface area (Å²) >= 11 is 0. The summed E-state index contributed by atoms with van der Waals surface area (Å²) in [4.78, 5) is 12.0. The molecule has 1 aromatic rings. The molecule has 0 N–H and O–H groups in total. The van der Waals surface area contributed by atoms with Gasteiger partial charge in [-0.05, 0) is 43.4 Å². The van der Waals surface area contributed by atoms with Gasteiger partial charge in [0.2, 0.25) is 0 Å². The van der Waals surface area contributed by atoms with Gasteiger partial charge < -0.3 is 0 Å². The molecule has 0 aliphatic carbocycles. The zero-order chi connectivity index (χ0) is 13.0. The van der Waals surface area contributed by atoms with Crippen LogP contribution in [-0.4, -0.2) is 5.78 Å². The average Bonchev–Trinajstić information content (AvgIpc) is 2.23. The zero-order valence-corrected chi connectivity index (χ0v) is 11.8. The largest absolute Gasteiger partial charge is 0.299 e. The van der Waals surface area contributed by atoms with Crippen LogP contribution < -0.4 is 0 Å². The first-order valence-electron chi connectivity index (χ1n) is 6.52. The third-order valence-corrected chi connectivity index (χ3v) is 3.49. The molecular weight excluding hydrogens is 208 g/mol. The van der Waals surface area contributed by atoms with Crippen molar-refractivity contribution in [3.05, 3.63) is 34.4 Å². The highest BCUT2D eigenvalue weighted by molar-refractivity contribution is 5.81. The highest BCUT2D eigenvalue weighted by atomic mass is 16.1. The molecular formula is C16H24O. The van der Waals surface area contributed by atoms with Crippen LogP contribution in [-0.2, 0) is 11.2 Å². The lowest BCUT2D eigenvalue weighted by molar-refractivity contribution is -0.119. The monoisotopic (exact) mass is 232 g/mol. The van der Waals surface area contributed by atoms with Crippen LogP contribution in [0.5, 0.6) is 0 Å². The van der Waals surface area contributed by atoms with E-state index < -0.39 is 0 Å². The normalized spacial score (nSPS) is 12.5. The molecule has 0 saturated heterocycles. The number of hydrogen-bond donors (Lipinski definition) is 0. The molecule has 0 aliphatic rings. The number of ketones is 1. The molecule has 0 amide bonds. The molecule has 94 valence electrons. The van der Waals surface area contributed by atoms with Gasteiger partial charge in [0.1, 0.15) is 5.78 Å². The Morgan fingerprint density at radius 3 is 2.18 bits per heavy atom. The van der Waals surface area contributed by atoms with E-state index in [9.17, 15) is 4.79 Å². The number of Topliss-reactive ketones (excluding diaryl/α,β-unsaturated/α-hetero) is 1. The van der Waals surface area contributed by atoms with Crippen LogP contribution in [0, 0.1) is 26.7 Å². The Hall–Kier alpha value is -1.11. The van der Waals surface area contributed by atoms with Crippen LogP contribution in [0.2, 0.25) is 0 Å². The maximum Gasteiger partial charge on any atom is 0.137 e. The van der Waals surface area contributed by atoms with E-state index in [1.54, 1.807) is 0 Å². The van der Waals surface area contributed by atoms with E-state index in [-0.39, 0.29) is 0 Å². The summed E-state index contributed by atoms with van der Waals surface area (Å²) < 4.78 is 0. The third kappa shape index (κ3) is 3.99. The fourth-order valence-electron chi connectivity index (χ4n) is 2.29. The van der Waals surface area contributed by atoms with Crippen molar-refractivity contribution in [3.8, 4) is 0 Å². The van der Waals surface area contributed by atoms with Gasteiger partial charge in [0.25, 0.3) is 0 Å². The second kappa shape index (κ2) is 6.00. The second-order valence-corrected chi connectivity index (χ2v) is 5.31. The van der Waals surface area contributed by atoms with Crippen molar-refractivity contribution in [2.75, 3.05) is 0 Å². The van der Waals surface area contributed by atoms with Gasteiger partial charge in [-0.3, -0.25) is 4.79 Å². The van der Waals surface area contributed by atoms with Gasteiger partial charge in [0.15, 0.2) is 0 Å². The molecule has 1 rings (SSSR count). The molecule has 0 saturated carbocycles. The van der Waals surface area contributed by atoms with Crippen LogP contribution in [0.4, 0.5) is 0 Å². The van der Waals surface area contributed by atoms with Crippen LogP contribution in [0.1, 0.15) is 48.9 Å². The van der Waals surface area contributed by atoms with E-state index in [1.807, 2.05) is 0 Å². The van der Waals surface area contributed by atoms with E-state index in [1.165, 1.54) is 22.3 Å². The summed E-state index contributed by atoms with van der Waals surface area (Å²) in [6.07, 6.45) is 2.39. The minimum absolute atomic E-state index is 0.370. The van der Waals surface area contributed by atoms with E-state index >= 15 is 0 Å². The van der Waals surface area contributed by atoms with E-state index in [2.05, 4.69) is 46.8 Å². The molecule has 0 fully saturated rings. The Morgan fingerprint density at radius 2 is 1.71 bits per heavy atom. The van der Waals surface area contributed by atoms with Crippen molar-refractivity contribution in [1.82, 2.24) is 0 Å². The van der Waals surface area contributed by atoms with Crippen molar-refractivity contribution in [2.24, 2.45) is 5.92 Å². The predicted molar refractivity (Wildman–Crippen MR) is 73.4 cm³/mol. The Bertz CT molecular complexity index is 381. The van der Waals surface area contributed by atoms with Gasteiger partial charge in [0.05, 0.1) is 0 Å². The summed E-state index contributed by atoms with van der Waals surface area (Å²) in [6, 6.07) is 4.33. The first-order valence-corrected chi connectivity index (χ1v) is 6.52. The van der Waals surface area contributed by atoms with Gasteiger partial charge in [-0.15, -0.1) is 0 Å². The molecule has 1 atom stereocenters. The molecule has 0 aromatic heterocycles. The maximum absolute atomic E-state index is 12.0. The minimum Gasteiger partial charge on any atom is -0.299 e. The summed E-state index contributed by atoms with van der Waals surface area (Å²) in [5.74, 6) is 0.878. The number of aryl methyl sites for hydroxylation is 3. The lowest BCUT2D eigenvalue weighted by atomic mass is 9.92. The SMILES string of the molecule is CCC(C)CC(=O)Cc1c(C)cc(C)cc1C. The maximum atomic E-state index is 12.0. The lowest BCUT2D eigenvalue weighted by Crippen LogP contribution is -2.10. The van der Waals surface area contributed by atoms with Gasteiger partial charge in [-0.2, -0.15) is 0 Å². The van der Waals surface area contributed by atoms with Gasteiger partial charge in [0, 0.05) is 12.8 Å². The van der Waals surface area contributed by atoms with Gasteiger partial charge >= 0.3 is 0 Å². The second-order valence-electron chi connectivity index (χ2n) is 5.31. The molecule has 17 heavy (non-hydrogen) atoms. The Morgan fingerprint density at radius 1 is 1.18 bits per heavy atom. The summed E-state index contributed by atoms with van der Waals surface area (Å²) in [6.45, 7) is 10.6. The summed E-state index contributed by atoms with van der Waals surface area (Å²) in [7, 11) is 0. The number of benzene rings is 1. The molecule has 0 spiro atoms. The topological polar surface area (TPSA) is 17.1 Å². The average molecular weight is 232 g/mol. The number of carbonyl (C=O) groups excluding carboxylic acids is 1. The van der Waals surface area contributed by atoms with Gasteiger partial charge in [-0.1, -0.05) is 38.0 Å². The van der Waals surface area contributed by atoms with Crippen LogP contribution in [0.15, 0.2) is 12.1 Å². The summed E-state index contributed by atoms with van der Waals surface area (Å²) in [5.41, 5.74) is 5.00. The third-order valence-electron chi connectivity index (χ3n) is 3.49. The smallest absolute Gasteiger partial charge is 0.137 e. The highest BCUT2D eigenvalue weighted by Gasteiger charge is 2.11. The summed E-state index contributed by atoms with van der Waals surface area (Å²) in [5, 5.41) is 0. The van der Waals surface area contributed by atoms with Crippen LogP contribution in [0.25, 0.3) is 0 Å². The van der Waals surface area contributed by atoms with Crippen molar-refractivity contribution >= 4 is 5.78 Å². The Kier molecular flexibility index (Phi) is 4.92. The van der Waals surface area contributed by atoms with E-state index in [4.69, 9.17) is 0 Å². The molecule has 1 heteroatoms. The fraction of sp³-hybridized carbons (Fsp3) is 0.562. The minimum atomic E-state index is 0.370. The Labute approximate surface area is 105 Å². The van der Waals surface area contributed by atoms with Crippen molar-refractivity contribution in [3.63, 3.8) is 0 Å². The van der Waals surface area contributed by atoms with E-state index in [0.717, 1.165) is 6.42 Å². The number of rotatable bonds is 5. The molecule has 1 unspecified atom stereocenters. The van der Waals surface area contributed by atoms with Crippen LogP contribution >= 0.6 is 0 Å². The van der Waals surface area contributed by atoms with Crippen molar-refractivity contribution in [1.29, 1.82) is 0 Å². The number of hydrogen-bond acceptors (Lipinski definition) is 1. The van der Waals surface area contributed by atoms with Gasteiger partial charge in [-0.25, -0.2) is 0 Å². The molecule has 0 heterocycles. The molecule has 1 nitrogen and oxygen atoms in total. The standard InChI is InChI=1S/C16H24O/c1-6-11(2)9-15(17)10-16-13(4)7-12(3)8-14(16)5/h7-8,11H,6,9-10H2,1-5H3. The zero-order valence-electron chi connectivity index (χ0n) is 11.8.